The summed E-state index contributed by atoms with van der Waals surface area (Å²) in [4.78, 5) is 13.9. The van der Waals surface area contributed by atoms with E-state index in [4.69, 9.17) is 21.1 Å². The van der Waals surface area contributed by atoms with Crippen LogP contribution in [-0.2, 0) is 6.61 Å². The number of rotatable bonds is 6. The van der Waals surface area contributed by atoms with Crippen molar-refractivity contribution in [2.75, 3.05) is 12.4 Å². The maximum Gasteiger partial charge on any atom is 0.256 e. The van der Waals surface area contributed by atoms with Gasteiger partial charge in [-0.1, -0.05) is 31.5 Å². The molecule has 31 heavy (non-hydrogen) atoms. The highest BCUT2D eigenvalue weighted by molar-refractivity contribution is 9.10. The minimum absolute atomic E-state index is 0.0689. The molecule has 1 aromatic heterocycles. The lowest BCUT2D eigenvalue weighted by Gasteiger charge is -2.26. The van der Waals surface area contributed by atoms with Gasteiger partial charge in [0.25, 0.3) is 5.91 Å². The Morgan fingerprint density at radius 3 is 2.61 bits per heavy atom. The van der Waals surface area contributed by atoms with E-state index in [1.165, 1.54) is 4.88 Å². The molecule has 0 saturated carbocycles. The molecule has 0 spiro atoms. The summed E-state index contributed by atoms with van der Waals surface area (Å²) in [7, 11) is 1.63. The van der Waals surface area contributed by atoms with E-state index in [9.17, 15) is 4.79 Å². The lowest BCUT2D eigenvalue weighted by atomic mass is 10.1. The number of thiophene rings is 1. The van der Waals surface area contributed by atoms with Crippen LogP contribution in [0.2, 0.25) is 5.02 Å². The Bertz CT molecular complexity index is 1130. The molecular weight excluding hydrogens is 500 g/mol. The summed E-state index contributed by atoms with van der Waals surface area (Å²) in [5.74, 6) is 1.71. The van der Waals surface area contributed by atoms with Gasteiger partial charge in [0.2, 0.25) is 0 Å². The molecule has 5 nitrogen and oxygen atoms in total. The number of anilines is 1. The number of nitrogens with one attached hydrogen (secondary N) is 2. The average Bonchev–Trinajstić information content (AvgIpc) is 3.18. The molecule has 1 aliphatic rings. The number of carbonyl (C=O) groups is 1. The van der Waals surface area contributed by atoms with Crippen LogP contribution < -0.4 is 20.1 Å². The Hall–Kier alpha value is -2.22. The van der Waals surface area contributed by atoms with Crippen molar-refractivity contribution in [1.29, 1.82) is 0 Å². The zero-order valence-corrected chi connectivity index (χ0v) is 20.5. The van der Waals surface area contributed by atoms with Crippen LogP contribution in [0.15, 0.2) is 46.9 Å². The Balaban J connectivity index is 1.57. The molecule has 1 amide bonds. The third kappa shape index (κ3) is 4.68. The highest BCUT2D eigenvalue weighted by Crippen LogP contribution is 2.38. The highest BCUT2D eigenvalue weighted by Gasteiger charge is 2.28. The number of benzene rings is 2. The van der Waals surface area contributed by atoms with E-state index < -0.39 is 0 Å². The summed E-state index contributed by atoms with van der Waals surface area (Å²) in [6.45, 7) is 4.56. The first kappa shape index (κ1) is 22.0. The van der Waals surface area contributed by atoms with Crippen LogP contribution in [0.3, 0.4) is 0 Å². The summed E-state index contributed by atoms with van der Waals surface area (Å²) in [6, 6.07) is 13.2. The predicted octanol–water partition coefficient (Wildman–Crippen LogP) is 6.73. The van der Waals surface area contributed by atoms with Crippen molar-refractivity contribution in [3.05, 3.63) is 73.5 Å². The quantitative estimate of drug-likeness (QED) is 0.378. The Kier molecular flexibility index (Phi) is 6.46. The lowest BCUT2D eigenvalue weighted by Crippen LogP contribution is -2.37. The van der Waals surface area contributed by atoms with Gasteiger partial charge in [-0.2, -0.15) is 0 Å². The fourth-order valence-corrected chi connectivity index (χ4v) is 5.24. The van der Waals surface area contributed by atoms with Gasteiger partial charge in [0.15, 0.2) is 0 Å². The van der Waals surface area contributed by atoms with Crippen molar-refractivity contribution in [1.82, 2.24) is 5.32 Å². The van der Waals surface area contributed by atoms with E-state index in [1.54, 1.807) is 30.6 Å². The normalized spacial score (nSPS) is 15.3. The summed E-state index contributed by atoms with van der Waals surface area (Å²) < 4.78 is 12.3. The number of hydrogen-bond acceptors (Lipinski definition) is 5. The van der Waals surface area contributed by atoms with E-state index in [2.05, 4.69) is 40.4 Å². The van der Waals surface area contributed by atoms with Gasteiger partial charge < -0.3 is 20.1 Å². The molecule has 1 aliphatic heterocycles. The van der Waals surface area contributed by atoms with Gasteiger partial charge in [0, 0.05) is 15.5 Å². The second-order valence-electron chi connectivity index (χ2n) is 7.53. The summed E-state index contributed by atoms with van der Waals surface area (Å²) in [6.07, 6.45) is -0.328. The smallest absolute Gasteiger partial charge is 0.256 e. The van der Waals surface area contributed by atoms with Gasteiger partial charge in [-0.25, -0.2) is 0 Å². The molecule has 0 bridgehead atoms. The maximum absolute atomic E-state index is 12.7. The molecular formula is C23H22BrClN2O3S. The topological polar surface area (TPSA) is 59.6 Å². The van der Waals surface area contributed by atoms with Crippen LogP contribution in [0, 0.1) is 0 Å². The van der Waals surface area contributed by atoms with Crippen LogP contribution in [-0.4, -0.2) is 13.0 Å². The fourth-order valence-electron chi connectivity index (χ4n) is 3.35. The van der Waals surface area contributed by atoms with Gasteiger partial charge in [-0.05, 0) is 63.8 Å². The summed E-state index contributed by atoms with van der Waals surface area (Å²) in [5, 5.41) is 8.03. The Morgan fingerprint density at radius 2 is 1.90 bits per heavy atom. The first-order valence-electron chi connectivity index (χ1n) is 9.81. The van der Waals surface area contributed by atoms with Gasteiger partial charge in [-0.3, -0.25) is 4.79 Å². The molecule has 2 heterocycles. The van der Waals surface area contributed by atoms with Crippen molar-refractivity contribution >= 4 is 49.8 Å². The molecule has 0 fully saturated rings. The fraction of sp³-hybridized carbons (Fsp3) is 0.261. The number of amides is 1. The van der Waals surface area contributed by atoms with Crippen LogP contribution in [0.1, 0.15) is 52.3 Å². The lowest BCUT2D eigenvalue weighted by molar-refractivity contribution is 0.0936. The van der Waals surface area contributed by atoms with Crippen molar-refractivity contribution in [2.24, 2.45) is 0 Å². The highest BCUT2D eigenvalue weighted by atomic mass is 79.9. The molecule has 2 aromatic carbocycles. The third-order valence-electron chi connectivity index (χ3n) is 5.03. The molecule has 1 unspecified atom stereocenters. The molecule has 8 heteroatoms. The van der Waals surface area contributed by atoms with Gasteiger partial charge in [-0.15, -0.1) is 11.3 Å². The zero-order chi connectivity index (χ0) is 22.1. The number of fused-ring (bicyclic) bond motifs is 1. The van der Waals surface area contributed by atoms with Crippen LogP contribution in [0.5, 0.6) is 11.5 Å². The molecule has 0 aliphatic carbocycles. The van der Waals surface area contributed by atoms with Gasteiger partial charge in [0.05, 0.1) is 17.1 Å². The molecule has 1 atom stereocenters. The standard InChI is InChI=1S/C23H22BrClN2O3S/c1-12(2)20-10-16-22(28)26-21(27-23(16)31-20)13-4-6-18(29-3)14(8-13)11-30-19-7-5-15(25)9-17(19)24/h4-10,12,21,27H,11H2,1-3H3,(H,26,28). The van der Waals surface area contributed by atoms with E-state index in [-0.39, 0.29) is 12.1 Å². The van der Waals surface area contributed by atoms with Gasteiger partial charge in [0.1, 0.15) is 29.3 Å². The van der Waals surface area contributed by atoms with Crippen molar-refractivity contribution in [3.63, 3.8) is 0 Å². The summed E-state index contributed by atoms with van der Waals surface area (Å²) in [5.41, 5.74) is 2.50. The van der Waals surface area contributed by atoms with Crippen LogP contribution in [0.25, 0.3) is 0 Å². The average molecular weight is 522 g/mol. The second-order valence-corrected chi connectivity index (χ2v) is 9.91. The Labute approximate surface area is 198 Å². The Morgan fingerprint density at radius 1 is 1.13 bits per heavy atom. The number of methoxy groups -OCH3 is 1. The predicted molar refractivity (Wildman–Crippen MR) is 129 cm³/mol. The SMILES string of the molecule is COc1ccc(C2NC(=O)c3cc(C(C)C)sc3N2)cc1COc1ccc(Cl)cc1Br. The molecule has 162 valence electrons. The number of ether oxygens (including phenoxy) is 2. The minimum Gasteiger partial charge on any atom is -0.496 e. The van der Waals surface area contributed by atoms with Crippen LogP contribution >= 0.6 is 38.9 Å². The molecule has 0 saturated heterocycles. The number of carbonyl (C=O) groups excluding carboxylic acids is 1. The van der Waals surface area contributed by atoms with Crippen molar-refractivity contribution in [2.45, 2.75) is 32.5 Å². The maximum atomic E-state index is 12.7. The van der Waals surface area contributed by atoms with E-state index in [0.29, 0.717) is 28.9 Å². The van der Waals surface area contributed by atoms with E-state index in [0.717, 1.165) is 26.4 Å². The first-order valence-corrected chi connectivity index (χ1v) is 11.8. The minimum atomic E-state index is -0.328. The molecule has 3 aromatic rings. The summed E-state index contributed by atoms with van der Waals surface area (Å²) >= 11 is 11.1. The van der Waals surface area contributed by atoms with E-state index >= 15 is 0 Å². The first-order chi connectivity index (χ1) is 14.9. The molecule has 2 N–H and O–H groups in total. The van der Waals surface area contributed by atoms with Crippen molar-refractivity contribution in [3.8, 4) is 11.5 Å². The third-order valence-corrected chi connectivity index (χ3v) is 7.25. The number of halogens is 2. The number of hydrogen-bond donors (Lipinski definition) is 2. The second kappa shape index (κ2) is 9.10. The van der Waals surface area contributed by atoms with Crippen LogP contribution in [0.4, 0.5) is 5.00 Å². The zero-order valence-electron chi connectivity index (χ0n) is 17.3. The molecule has 4 rings (SSSR count). The monoisotopic (exact) mass is 520 g/mol. The van der Waals surface area contributed by atoms with Crippen molar-refractivity contribution < 1.29 is 14.3 Å². The molecule has 0 radical (unpaired) electrons. The van der Waals surface area contributed by atoms with Gasteiger partial charge >= 0.3 is 0 Å². The largest absolute Gasteiger partial charge is 0.496 e. The van der Waals surface area contributed by atoms with E-state index in [1.807, 2.05) is 30.3 Å².